The minimum atomic E-state index is -0.887. The van der Waals surface area contributed by atoms with Gasteiger partial charge in [0.05, 0.1) is 13.2 Å². The highest BCUT2D eigenvalue weighted by atomic mass is 16.7. The summed E-state index contributed by atoms with van der Waals surface area (Å²) in [5.74, 6) is -1.16. The Morgan fingerprint density at radius 1 is 1.43 bits per heavy atom. The number of hydrogen-bond acceptors (Lipinski definition) is 5. The third kappa shape index (κ3) is 2.23. The number of allylic oxidation sites excluding steroid dienone is 1. The minimum Gasteiger partial charge on any atom is -0.456 e. The van der Waals surface area contributed by atoms with Gasteiger partial charge in [0.2, 0.25) is 5.79 Å². The smallest absolute Gasteiger partial charge is 0.303 e. The van der Waals surface area contributed by atoms with E-state index in [1.807, 2.05) is 6.92 Å². The average Bonchev–Trinajstić information content (AvgIpc) is 2.80. The summed E-state index contributed by atoms with van der Waals surface area (Å²) < 4.78 is 17.6. The van der Waals surface area contributed by atoms with Crippen LogP contribution in [-0.4, -0.2) is 36.9 Å². The number of carbonyl (C=O) groups is 2. The SMILES string of the molecule is CC[C@]12CC(=O)C=C1CO[C@@]1(CCCCO1)[C@@H]2OC(C)=O. The Morgan fingerprint density at radius 3 is 2.86 bits per heavy atom. The second kappa shape index (κ2) is 5.21. The maximum Gasteiger partial charge on any atom is 0.303 e. The summed E-state index contributed by atoms with van der Waals surface area (Å²) in [5.41, 5.74) is 0.485. The van der Waals surface area contributed by atoms with E-state index < -0.39 is 17.3 Å². The van der Waals surface area contributed by atoms with Crippen LogP contribution in [0.3, 0.4) is 0 Å². The van der Waals surface area contributed by atoms with E-state index in [0.29, 0.717) is 26.1 Å². The number of esters is 1. The van der Waals surface area contributed by atoms with Crippen molar-refractivity contribution in [3.05, 3.63) is 11.6 Å². The highest BCUT2D eigenvalue weighted by molar-refractivity contribution is 5.94. The lowest BCUT2D eigenvalue weighted by Crippen LogP contribution is -2.62. The predicted molar refractivity (Wildman–Crippen MR) is 74.5 cm³/mol. The van der Waals surface area contributed by atoms with E-state index in [4.69, 9.17) is 14.2 Å². The maximum atomic E-state index is 12.0. The van der Waals surface area contributed by atoms with Crippen molar-refractivity contribution in [2.75, 3.05) is 13.2 Å². The van der Waals surface area contributed by atoms with E-state index in [1.165, 1.54) is 6.92 Å². The minimum absolute atomic E-state index is 0.0838. The number of ether oxygens (including phenoxy) is 3. The van der Waals surface area contributed by atoms with E-state index in [0.717, 1.165) is 24.8 Å². The third-order valence-electron chi connectivity index (χ3n) is 5.02. The zero-order valence-corrected chi connectivity index (χ0v) is 12.6. The van der Waals surface area contributed by atoms with Gasteiger partial charge in [-0.05, 0) is 30.9 Å². The standard InChI is InChI=1S/C16H22O5/c1-3-15-9-13(18)8-12(15)10-20-16(6-4-5-7-19-16)14(15)21-11(2)17/h8,14H,3-7,9-10H2,1-2H3/t14-,15+,16+/m1/s1. The van der Waals surface area contributed by atoms with Gasteiger partial charge in [0.15, 0.2) is 11.9 Å². The van der Waals surface area contributed by atoms with Crippen LogP contribution in [0.25, 0.3) is 0 Å². The molecule has 0 bridgehead atoms. The van der Waals surface area contributed by atoms with Crippen LogP contribution in [0.2, 0.25) is 0 Å². The van der Waals surface area contributed by atoms with Crippen LogP contribution >= 0.6 is 0 Å². The lowest BCUT2D eigenvalue weighted by molar-refractivity contribution is -0.330. The van der Waals surface area contributed by atoms with E-state index in [-0.39, 0.29) is 11.8 Å². The van der Waals surface area contributed by atoms with Crippen LogP contribution in [0.5, 0.6) is 0 Å². The number of ketones is 1. The van der Waals surface area contributed by atoms with Crippen molar-refractivity contribution in [2.24, 2.45) is 5.41 Å². The Kier molecular flexibility index (Phi) is 3.66. The highest BCUT2D eigenvalue weighted by Crippen LogP contribution is 2.54. The molecule has 0 aromatic rings. The van der Waals surface area contributed by atoms with Crippen molar-refractivity contribution in [3.8, 4) is 0 Å². The quantitative estimate of drug-likeness (QED) is 0.730. The van der Waals surface area contributed by atoms with Gasteiger partial charge in [0, 0.05) is 25.2 Å². The van der Waals surface area contributed by atoms with Gasteiger partial charge >= 0.3 is 5.97 Å². The van der Waals surface area contributed by atoms with Gasteiger partial charge in [-0.1, -0.05) is 6.92 Å². The molecule has 0 N–H and O–H groups in total. The molecule has 2 saturated heterocycles. The molecule has 116 valence electrons. The molecule has 2 aliphatic heterocycles. The molecule has 3 rings (SSSR count). The molecule has 0 amide bonds. The molecule has 1 spiro atoms. The third-order valence-corrected chi connectivity index (χ3v) is 5.02. The van der Waals surface area contributed by atoms with E-state index in [2.05, 4.69) is 0 Å². The molecule has 2 fully saturated rings. The summed E-state index contributed by atoms with van der Waals surface area (Å²) in [5, 5.41) is 0. The first-order valence-electron chi connectivity index (χ1n) is 7.71. The summed E-state index contributed by atoms with van der Waals surface area (Å²) in [7, 11) is 0. The predicted octanol–water partition coefficient (Wildman–Crippen LogP) is 2.14. The fourth-order valence-corrected chi connectivity index (χ4v) is 3.97. The van der Waals surface area contributed by atoms with Gasteiger partial charge in [-0.2, -0.15) is 0 Å². The van der Waals surface area contributed by atoms with Crippen LogP contribution in [0.1, 0.15) is 46.0 Å². The molecule has 0 radical (unpaired) electrons. The Bertz CT molecular complexity index is 489. The van der Waals surface area contributed by atoms with Gasteiger partial charge in [0.1, 0.15) is 0 Å². The first-order chi connectivity index (χ1) is 10.0. The first kappa shape index (κ1) is 14.7. The van der Waals surface area contributed by atoms with Crippen LogP contribution < -0.4 is 0 Å². The maximum absolute atomic E-state index is 12.0. The highest BCUT2D eigenvalue weighted by Gasteiger charge is 2.62. The van der Waals surface area contributed by atoms with Crippen molar-refractivity contribution < 1.29 is 23.8 Å². The van der Waals surface area contributed by atoms with Gasteiger partial charge in [0.25, 0.3) is 0 Å². The zero-order chi connectivity index (χ0) is 15.1. The normalized spacial score (nSPS) is 39.0. The number of hydrogen-bond donors (Lipinski definition) is 0. The van der Waals surface area contributed by atoms with Gasteiger partial charge in [-0.25, -0.2) is 0 Å². The fourth-order valence-electron chi connectivity index (χ4n) is 3.97. The zero-order valence-electron chi connectivity index (χ0n) is 12.6. The molecule has 5 nitrogen and oxygen atoms in total. The fraction of sp³-hybridized carbons (Fsp3) is 0.750. The monoisotopic (exact) mass is 294 g/mol. The largest absolute Gasteiger partial charge is 0.456 e. The summed E-state index contributed by atoms with van der Waals surface area (Å²) in [6.07, 6.45) is 4.90. The van der Waals surface area contributed by atoms with Crippen molar-refractivity contribution in [2.45, 2.75) is 57.8 Å². The van der Waals surface area contributed by atoms with Crippen molar-refractivity contribution in [3.63, 3.8) is 0 Å². The van der Waals surface area contributed by atoms with Crippen LogP contribution in [0, 0.1) is 5.41 Å². The molecule has 1 aliphatic carbocycles. The summed E-state index contributed by atoms with van der Waals surface area (Å²) >= 11 is 0. The summed E-state index contributed by atoms with van der Waals surface area (Å²) in [4.78, 5) is 23.6. The van der Waals surface area contributed by atoms with Crippen LogP contribution in [-0.2, 0) is 23.8 Å². The number of fused-ring (bicyclic) bond motifs is 1. The van der Waals surface area contributed by atoms with E-state index in [1.54, 1.807) is 6.08 Å². The topological polar surface area (TPSA) is 61.8 Å². The molecule has 0 unspecified atom stereocenters. The number of rotatable bonds is 2. The van der Waals surface area contributed by atoms with Gasteiger partial charge in [-0.3, -0.25) is 9.59 Å². The van der Waals surface area contributed by atoms with E-state index >= 15 is 0 Å². The lowest BCUT2D eigenvalue weighted by atomic mass is 9.68. The average molecular weight is 294 g/mol. The van der Waals surface area contributed by atoms with Crippen molar-refractivity contribution >= 4 is 11.8 Å². The van der Waals surface area contributed by atoms with Gasteiger partial charge < -0.3 is 14.2 Å². The molecule has 0 saturated carbocycles. The van der Waals surface area contributed by atoms with Crippen LogP contribution in [0.4, 0.5) is 0 Å². The molecular formula is C16H22O5. The Labute approximate surface area is 124 Å². The molecule has 0 aromatic heterocycles. The van der Waals surface area contributed by atoms with Crippen molar-refractivity contribution in [1.29, 1.82) is 0 Å². The summed E-state index contributed by atoms with van der Waals surface area (Å²) in [6, 6.07) is 0. The summed E-state index contributed by atoms with van der Waals surface area (Å²) in [6.45, 7) is 4.42. The number of carbonyl (C=O) groups excluding carboxylic acids is 2. The van der Waals surface area contributed by atoms with Crippen LogP contribution in [0.15, 0.2) is 11.6 Å². The molecule has 0 aromatic carbocycles. The van der Waals surface area contributed by atoms with Crippen molar-refractivity contribution in [1.82, 2.24) is 0 Å². The molecule has 2 heterocycles. The molecule has 21 heavy (non-hydrogen) atoms. The Hall–Kier alpha value is -1.20. The second-order valence-electron chi connectivity index (χ2n) is 6.22. The Morgan fingerprint density at radius 2 is 2.24 bits per heavy atom. The first-order valence-corrected chi connectivity index (χ1v) is 7.71. The van der Waals surface area contributed by atoms with E-state index in [9.17, 15) is 9.59 Å². The molecule has 5 heteroatoms. The molecule has 3 aliphatic rings. The second-order valence-corrected chi connectivity index (χ2v) is 6.22. The van der Waals surface area contributed by atoms with Gasteiger partial charge in [-0.15, -0.1) is 0 Å². The lowest BCUT2D eigenvalue weighted by Gasteiger charge is -2.53. The molecule has 3 atom stereocenters. The molecular weight excluding hydrogens is 272 g/mol. The Balaban J connectivity index is 2.02.